The van der Waals surface area contributed by atoms with Crippen molar-refractivity contribution in [3.8, 4) is 0 Å². The van der Waals surface area contributed by atoms with Gasteiger partial charge in [-0.1, -0.05) is 0 Å². The predicted octanol–water partition coefficient (Wildman–Crippen LogP) is 1.17. The van der Waals surface area contributed by atoms with Crippen LogP contribution in [0.1, 0.15) is 41.7 Å². The lowest BCUT2D eigenvalue weighted by molar-refractivity contribution is -0.129. The molecule has 1 saturated heterocycles. The van der Waals surface area contributed by atoms with Gasteiger partial charge in [0.05, 0.1) is 5.56 Å². The molecule has 1 aliphatic heterocycles. The van der Waals surface area contributed by atoms with Gasteiger partial charge in [0.15, 0.2) is 0 Å². The van der Waals surface area contributed by atoms with Crippen molar-refractivity contribution in [2.24, 2.45) is 0 Å². The van der Waals surface area contributed by atoms with Crippen LogP contribution in [0.4, 0.5) is 0 Å². The van der Waals surface area contributed by atoms with E-state index in [1.807, 2.05) is 11.0 Å². The van der Waals surface area contributed by atoms with Crippen molar-refractivity contribution in [3.05, 3.63) is 29.6 Å². The summed E-state index contributed by atoms with van der Waals surface area (Å²) in [6.07, 6.45) is 3.49. The van der Waals surface area contributed by atoms with Gasteiger partial charge in [-0.3, -0.25) is 14.6 Å². The lowest BCUT2D eigenvalue weighted by Gasteiger charge is -2.30. The zero-order valence-electron chi connectivity index (χ0n) is 11.3. The van der Waals surface area contributed by atoms with Gasteiger partial charge in [0.1, 0.15) is 0 Å². The van der Waals surface area contributed by atoms with Crippen LogP contribution in [0.3, 0.4) is 0 Å². The third kappa shape index (κ3) is 3.10. The minimum Gasteiger partial charge on any atom is -0.355 e. The molecular formula is C14H19N3O2. The molecule has 5 nitrogen and oxygen atoms in total. The monoisotopic (exact) mass is 261 g/mol. The number of pyridine rings is 1. The average molecular weight is 261 g/mol. The van der Waals surface area contributed by atoms with Crippen molar-refractivity contribution in [3.63, 3.8) is 0 Å². The fraction of sp³-hybridized carbons (Fsp3) is 0.500. The maximum Gasteiger partial charge on any atom is 0.252 e. The molecule has 1 aliphatic rings. The summed E-state index contributed by atoms with van der Waals surface area (Å²) in [5.41, 5.74) is 1.59. The number of aromatic nitrogens is 1. The van der Waals surface area contributed by atoms with E-state index in [1.165, 1.54) is 0 Å². The maximum absolute atomic E-state index is 11.4. The highest BCUT2D eigenvalue weighted by Crippen LogP contribution is 2.26. The molecular weight excluding hydrogens is 242 g/mol. The fourth-order valence-corrected chi connectivity index (χ4v) is 2.42. The van der Waals surface area contributed by atoms with Crippen LogP contribution in [0.15, 0.2) is 18.3 Å². The highest BCUT2D eigenvalue weighted by atomic mass is 16.2. The molecule has 1 fully saturated rings. The predicted molar refractivity (Wildman–Crippen MR) is 71.9 cm³/mol. The van der Waals surface area contributed by atoms with Crippen molar-refractivity contribution >= 4 is 11.8 Å². The fourth-order valence-electron chi connectivity index (χ4n) is 2.42. The lowest BCUT2D eigenvalue weighted by Crippen LogP contribution is -2.36. The first-order chi connectivity index (χ1) is 9.11. The highest BCUT2D eigenvalue weighted by molar-refractivity contribution is 5.93. The average Bonchev–Trinajstić information content (AvgIpc) is 2.46. The van der Waals surface area contributed by atoms with Crippen molar-refractivity contribution in [1.29, 1.82) is 0 Å². The molecule has 0 atom stereocenters. The van der Waals surface area contributed by atoms with Gasteiger partial charge < -0.3 is 10.2 Å². The molecule has 2 heterocycles. The van der Waals surface area contributed by atoms with Gasteiger partial charge in [0, 0.05) is 44.9 Å². The maximum atomic E-state index is 11.4. The molecule has 0 aromatic carbocycles. The first kappa shape index (κ1) is 13.5. The van der Waals surface area contributed by atoms with E-state index in [-0.39, 0.29) is 11.8 Å². The van der Waals surface area contributed by atoms with Crippen LogP contribution in [0, 0.1) is 0 Å². The Morgan fingerprint density at radius 1 is 1.32 bits per heavy atom. The number of rotatable bonds is 2. The van der Waals surface area contributed by atoms with Gasteiger partial charge >= 0.3 is 0 Å². The third-order valence-electron chi connectivity index (χ3n) is 3.63. The normalized spacial score (nSPS) is 16.2. The van der Waals surface area contributed by atoms with Crippen LogP contribution in [0.25, 0.3) is 0 Å². The van der Waals surface area contributed by atoms with Crippen molar-refractivity contribution in [2.45, 2.75) is 25.7 Å². The third-order valence-corrected chi connectivity index (χ3v) is 3.63. The number of nitrogens with zero attached hydrogens (tertiary/aromatic N) is 2. The number of nitrogens with one attached hydrogen (secondary N) is 1. The van der Waals surface area contributed by atoms with Crippen LogP contribution in [-0.4, -0.2) is 41.8 Å². The number of carbonyl (C=O) groups is 2. The molecule has 0 aliphatic carbocycles. The minimum atomic E-state index is -0.120. The molecule has 102 valence electrons. The second-order valence-corrected chi connectivity index (χ2v) is 4.83. The van der Waals surface area contributed by atoms with Gasteiger partial charge in [0.2, 0.25) is 5.91 Å². The van der Waals surface area contributed by atoms with Gasteiger partial charge in [-0.15, -0.1) is 0 Å². The Bertz CT molecular complexity index is 462. The van der Waals surface area contributed by atoms with E-state index in [9.17, 15) is 9.59 Å². The quantitative estimate of drug-likeness (QED) is 0.869. The van der Waals surface area contributed by atoms with Crippen molar-refractivity contribution in [2.75, 3.05) is 20.1 Å². The number of piperidine rings is 1. The number of amides is 2. The number of hydrogen-bond donors (Lipinski definition) is 1. The number of hydrogen-bond acceptors (Lipinski definition) is 3. The molecule has 1 aromatic rings. The van der Waals surface area contributed by atoms with Gasteiger partial charge in [-0.2, -0.15) is 0 Å². The molecule has 2 rings (SSSR count). The van der Waals surface area contributed by atoms with E-state index >= 15 is 0 Å². The Morgan fingerprint density at radius 2 is 2.00 bits per heavy atom. The van der Waals surface area contributed by atoms with Gasteiger partial charge in [-0.05, 0) is 25.0 Å². The van der Waals surface area contributed by atoms with Gasteiger partial charge in [-0.25, -0.2) is 0 Å². The standard InChI is InChI=1S/C14H19N3O2/c1-10(18)17-7-5-11(6-8-17)13-4-3-12(9-16-13)14(19)15-2/h3-4,9,11H,5-8H2,1-2H3,(H,15,19). The van der Waals surface area contributed by atoms with E-state index in [4.69, 9.17) is 0 Å². The summed E-state index contributed by atoms with van der Waals surface area (Å²) >= 11 is 0. The summed E-state index contributed by atoms with van der Waals surface area (Å²) in [5, 5.41) is 2.58. The lowest BCUT2D eigenvalue weighted by atomic mass is 9.93. The molecule has 0 unspecified atom stereocenters. The summed E-state index contributed by atoms with van der Waals surface area (Å²) in [7, 11) is 1.60. The van der Waals surface area contributed by atoms with E-state index < -0.39 is 0 Å². The highest BCUT2D eigenvalue weighted by Gasteiger charge is 2.22. The SMILES string of the molecule is CNC(=O)c1ccc(C2CCN(C(C)=O)CC2)nc1. The van der Waals surface area contributed by atoms with Crippen LogP contribution in [0.2, 0.25) is 0 Å². The smallest absolute Gasteiger partial charge is 0.252 e. The molecule has 0 radical (unpaired) electrons. The van der Waals surface area contributed by atoms with Crippen LogP contribution >= 0.6 is 0 Å². The van der Waals surface area contributed by atoms with E-state index in [2.05, 4.69) is 10.3 Å². The molecule has 1 N–H and O–H groups in total. The summed E-state index contributed by atoms with van der Waals surface area (Å²) in [5.74, 6) is 0.404. The molecule has 0 spiro atoms. The van der Waals surface area contributed by atoms with Crippen molar-refractivity contribution < 1.29 is 9.59 Å². The molecule has 0 bridgehead atoms. The molecule has 1 aromatic heterocycles. The summed E-state index contributed by atoms with van der Waals surface area (Å²) in [6.45, 7) is 3.19. The topological polar surface area (TPSA) is 62.3 Å². The van der Waals surface area contributed by atoms with Crippen LogP contribution < -0.4 is 5.32 Å². The first-order valence-electron chi connectivity index (χ1n) is 6.55. The minimum absolute atomic E-state index is 0.120. The van der Waals surface area contributed by atoms with E-state index in [0.29, 0.717) is 11.5 Å². The number of likely N-dealkylation sites (tertiary alicyclic amines) is 1. The van der Waals surface area contributed by atoms with Gasteiger partial charge in [0.25, 0.3) is 5.91 Å². The molecule has 5 heteroatoms. The number of carbonyl (C=O) groups excluding carboxylic acids is 2. The largest absolute Gasteiger partial charge is 0.355 e. The second kappa shape index (κ2) is 5.82. The zero-order chi connectivity index (χ0) is 13.8. The van der Waals surface area contributed by atoms with Crippen LogP contribution in [-0.2, 0) is 4.79 Å². The molecule has 0 saturated carbocycles. The Morgan fingerprint density at radius 3 is 2.47 bits per heavy atom. The van der Waals surface area contributed by atoms with Crippen LogP contribution in [0.5, 0.6) is 0 Å². The Labute approximate surface area is 113 Å². The molecule has 19 heavy (non-hydrogen) atoms. The Kier molecular flexibility index (Phi) is 4.14. The first-order valence-corrected chi connectivity index (χ1v) is 6.55. The van der Waals surface area contributed by atoms with Crippen molar-refractivity contribution in [1.82, 2.24) is 15.2 Å². The molecule has 2 amide bonds. The summed E-state index contributed by atoms with van der Waals surface area (Å²) in [6, 6.07) is 3.72. The Balaban J connectivity index is 2.00. The summed E-state index contributed by atoms with van der Waals surface area (Å²) < 4.78 is 0. The zero-order valence-corrected chi connectivity index (χ0v) is 11.3. The Hall–Kier alpha value is -1.91. The van der Waals surface area contributed by atoms with E-state index in [0.717, 1.165) is 31.6 Å². The summed E-state index contributed by atoms with van der Waals surface area (Å²) in [4.78, 5) is 28.9. The second-order valence-electron chi connectivity index (χ2n) is 4.83. The van der Waals surface area contributed by atoms with E-state index in [1.54, 1.807) is 26.2 Å².